The minimum atomic E-state index is -3.28. The van der Waals surface area contributed by atoms with E-state index in [4.69, 9.17) is 4.52 Å². The van der Waals surface area contributed by atoms with E-state index in [1.54, 1.807) is 53.4 Å². The lowest BCUT2D eigenvalue weighted by Gasteiger charge is -2.30. The van der Waals surface area contributed by atoms with Gasteiger partial charge < -0.3 is 9.42 Å². The molecule has 0 N–H and O–H groups in total. The van der Waals surface area contributed by atoms with Gasteiger partial charge in [-0.05, 0) is 49.2 Å². The number of ketones is 1. The van der Waals surface area contributed by atoms with Gasteiger partial charge in [0.2, 0.25) is 11.7 Å². The van der Waals surface area contributed by atoms with Gasteiger partial charge in [0.1, 0.15) is 0 Å². The van der Waals surface area contributed by atoms with Crippen LogP contribution in [0.25, 0.3) is 11.4 Å². The summed E-state index contributed by atoms with van der Waals surface area (Å²) in [5.74, 6) is 0.795. The van der Waals surface area contributed by atoms with E-state index in [2.05, 4.69) is 10.1 Å². The normalized spacial score (nSPS) is 14.5. The molecule has 1 amide bonds. The number of amides is 1. The molecule has 188 valence electrons. The van der Waals surface area contributed by atoms with Gasteiger partial charge in [-0.1, -0.05) is 47.6 Å². The first-order chi connectivity index (χ1) is 17.8. The molecular weight excluding hydrogens is 490 g/mol. The molecule has 1 fully saturated rings. The minimum absolute atomic E-state index is 0.0338. The quantitative estimate of drug-likeness (QED) is 0.350. The Balaban J connectivity index is 1.19. The maximum Gasteiger partial charge on any atom is 0.253 e. The van der Waals surface area contributed by atoms with Crippen molar-refractivity contribution >= 4 is 21.5 Å². The molecule has 1 aliphatic rings. The Morgan fingerprint density at radius 1 is 0.838 bits per heavy atom. The van der Waals surface area contributed by atoms with Crippen molar-refractivity contribution in [2.75, 3.05) is 19.3 Å². The molecule has 5 rings (SSSR count). The zero-order valence-electron chi connectivity index (χ0n) is 20.2. The van der Waals surface area contributed by atoms with Crippen LogP contribution >= 0.6 is 0 Å². The van der Waals surface area contributed by atoms with Crippen molar-refractivity contribution in [1.29, 1.82) is 0 Å². The Bertz CT molecular complexity index is 1520. The van der Waals surface area contributed by atoms with Crippen molar-refractivity contribution in [3.05, 3.63) is 101 Å². The van der Waals surface area contributed by atoms with Crippen LogP contribution in [0.2, 0.25) is 0 Å². The number of benzene rings is 3. The minimum Gasteiger partial charge on any atom is -0.339 e. The van der Waals surface area contributed by atoms with Crippen LogP contribution in [0.3, 0.4) is 0 Å². The first-order valence-corrected chi connectivity index (χ1v) is 13.8. The van der Waals surface area contributed by atoms with E-state index in [-0.39, 0.29) is 22.5 Å². The molecule has 9 heteroatoms. The second-order valence-corrected chi connectivity index (χ2v) is 11.1. The summed E-state index contributed by atoms with van der Waals surface area (Å²) in [5, 5.41) is 4.06. The number of sulfone groups is 1. The van der Waals surface area contributed by atoms with E-state index in [0.717, 1.165) is 6.26 Å². The highest BCUT2D eigenvalue weighted by molar-refractivity contribution is 7.90. The third kappa shape index (κ3) is 5.36. The molecular formula is C28H25N3O5S. The maximum absolute atomic E-state index is 13.0. The summed E-state index contributed by atoms with van der Waals surface area (Å²) in [6.07, 6.45) is 2.53. The van der Waals surface area contributed by atoms with E-state index in [1.165, 1.54) is 12.1 Å². The van der Waals surface area contributed by atoms with Crippen molar-refractivity contribution in [2.24, 2.45) is 0 Å². The number of rotatable bonds is 6. The lowest BCUT2D eigenvalue weighted by Crippen LogP contribution is -2.38. The molecule has 0 bridgehead atoms. The van der Waals surface area contributed by atoms with Gasteiger partial charge in [-0.25, -0.2) is 8.42 Å². The van der Waals surface area contributed by atoms with Gasteiger partial charge in [0, 0.05) is 47.5 Å². The summed E-state index contributed by atoms with van der Waals surface area (Å²) in [6, 6.07) is 22.2. The molecule has 0 saturated carbocycles. The number of hydrogen-bond acceptors (Lipinski definition) is 7. The van der Waals surface area contributed by atoms with Crippen molar-refractivity contribution in [2.45, 2.75) is 23.7 Å². The Morgan fingerprint density at radius 3 is 2.05 bits per heavy atom. The molecule has 1 saturated heterocycles. The third-order valence-corrected chi connectivity index (χ3v) is 7.67. The van der Waals surface area contributed by atoms with Gasteiger partial charge in [0.15, 0.2) is 15.6 Å². The third-order valence-electron chi connectivity index (χ3n) is 6.54. The van der Waals surface area contributed by atoms with Crippen LogP contribution < -0.4 is 0 Å². The fourth-order valence-corrected chi connectivity index (χ4v) is 5.03. The van der Waals surface area contributed by atoms with Crippen LogP contribution in [0, 0.1) is 0 Å². The largest absolute Gasteiger partial charge is 0.339 e. The molecule has 0 aliphatic carbocycles. The van der Waals surface area contributed by atoms with E-state index in [9.17, 15) is 18.0 Å². The number of hydrogen-bond donors (Lipinski definition) is 0. The monoisotopic (exact) mass is 515 g/mol. The summed E-state index contributed by atoms with van der Waals surface area (Å²) in [7, 11) is -3.28. The van der Waals surface area contributed by atoms with Crippen LogP contribution in [0.4, 0.5) is 0 Å². The van der Waals surface area contributed by atoms with Crippen LogP contribution in [0.15, 0.2) is 88.3 Å². The predicted octanol–water partition coefficient (Wildman–Crippen LogP) is 4.39. The van der Waals surface area contributed by atoms with Crippen molar-refractivity contribution in [1.82, 2.24) is 15.0 Å². The first-order valence-electron chi connectivity index (χ1n) is 11.9. The van der Waals surface area contributed by atoms with Gasteiger partial charge >= 0.3 is 0 Å². The number of likely N-dealkylation sites (tertiary alicyclic amines) is 1. The molecule has 37 heavy (non-hydrogen) atoms. The average molecular weight is 516 g/mol. The molecule has 1 aliphatic heterocycles. The van der Waals surface area contributed by atoms with Gasteiger partial charge in [0.05, 0.1) is 4.90 Å². The molecule has 1 aromatic heterocycles. The average Bonchev–Trinajstić information content (AvgIpc) is 3.43. The highest BCUT2D eigenvalue weighted by atomic mass is 32.2. The van der Waals surface area contributed by atoms with Gasteiger partial charge in [-0.3, -0.25) is 9.59 Å². The molecule has 0 unspecified atom stereocenters. The zero-order valence-corrected chi connectivity index (χ0v) is 21.0. The zero-order chi connectivity index (χ0) is 26.0. The predicted molar refractivity (Wildman–Crippen MR) is 137 cm³/mol. The standard InChI is InChI=1S/C28H25N3O5S/c1-37(34,35)24-13-11-21(12-14-24)26-29-27(36-30-26)22-15-17-31(18-16-22)28(33)23-9-7-20(8-10-23)25(32)19-5-3-2-4-6-19/h2-14,22H,15-18H2,1H3. The van der Waals surface area contributed by atoms with Crippen LogP contribution in [0.1, 0.15) is 50.9 Å². The van der Waals surface area contributed by atoms with Crippen molar-refractivity contribution in [3.63, 3.8) is 0 Å². The van der Waals surface area contributed by atoms with Gasteiger partial charge in [-0.15, -0.1) is 0 Å². The molecule has 0 spiro atoms. The number of piperidine rings is 1. The van der Waals surface area contributed by atoms with Gasteiger partial charge in [-0.2, -0.15) is 4.98 Å². The Kier molecular flexibility index (Phi) is 6.71. The summed E-state index contributed by atoms with van der Waals surface area (Å²) < 4.78 is 28.8. The van der Waals surface area contributed by atoms with Crippen LogP contribution in [0.5, 0.6) is 0 Å². The Labute approximate surface area is 214 Å². The lowest BCUT2D eigenvalue weighted by atomic mass is 9.96. The highest BCUT2D eigenvalue weighted by Crippen LogP contribution is 2.29. The van der Waals surface area contributed by atoms with E-state index in [1.807, 2.05) is 18.2 Å². The summed E-state index contributed by atoms with van der Waals surface area (Å²) >= 11 is 0. The maximum atomic E-state index is 13.0. The molecule has 4 aromatic rings. The first kappa shape index (κ1) is 24.6. The topological polar surface area (TPSA) is 110 Å². The fourth-order valence-electron chi connectivity index (χ4n) is 4.40. The Morgan fingerprint density at radius 2 is 1.43 bits per heavy atom. The fraction of sp³-hybridized carbons (Fsp3) is 0.214. The Hall–Kier alpha value is -4.11. The summed E-state index contributed by atoms with van der Waals surface area (Å²) in [5.41, 5.74) is 2.36. The second kappa shape index (κ2) is 10.1. The highest BCUT2D eigenvalue weighted by Gasteiger charge is 2.28. The van der Waals surface area contributed by atoms with Crippen LogP contribution in [-0.2, 0) is 9.84 Å². The lowest BCUT2D eigenvalue weighted by molar-refractivity contribution is 0.0704. The summed E-state index contributed by atoms with van der Waals surface area (Å²) in [6.45, 7) is 1.10. The smallest absolute Gasteiger partial charge is 0.253 e. The van der Waals surface area contributed by atoms with E-state index < -0.39 is 9.84 Å². The SMILES string of the molecule is CS(=O)(=O)c1ccc(-c2noc(C3CCN(C(=O)c4ccc(C(=O)c5ccccc5)cc4)CC3)n2)cc1. The van der Waals surface area contributed by atoms with E-state index >= 15 is 0 Å². The molecule has 2 heterocycles. The molecule has 3 aromatic carbocycles. The number of carbonyl (C=O) groups is 2. The van der Waals surface area contributed by atoms with Gasteiger partial charge in [0.25, 0.3) is 5.91 Å². The molecule has 0 atom stereocenters. The second-order valence-electron chi connectivity index (χ2n) is 9.09. The molecule has 8 nitrogen and oxygen atoms in total. The van der Waals surface area contributed by atoms with Crippen LogP contribution in [-0.4, -0.2) is 54.5 Å². The number of carbonyl (C=O) groups excluding carboxylic acids is 2. The summed E-state index contributed by atoms with van der Waals surface area (Å²) in [4.78, 5) is 32.2. The van der Waals surface area contributed by atoms with Crippen molar-refractivity contribution < 1.29 is 22.5 Å². The van der Waals surface area contributed by atoms with Crippen molar-refractivity contribution in [3.8, 4) is 11.4 Å². The number of aromatic nitrogens is 2. The number of nitrogens with zero attached hydrogens (tertiary/aromatic N) is 3. The van der Waals surface area contributed by atoms with E-state index in [0.29, 0.717) is 59.9 Å². The molecule has 0 radical (unpaired) electrons.